The molecule has 2 aliphatic rings. The first kappa shape index (κ1) is 25.4. The van der Waals surface area contributed by atoms with Gasteiger partial charge in [-0.3, -0.25) is 9.59 Å². The molecule has 1 amide bonds. The minimum atomic E-state index is -0.294. The quantitative estimate of drug-likeness (QED) is 0.453. The van der Waals surface area contributed by atoms with Crippen LogP contribution in [-0.2, 0) is 26.3 Å². The summed E-state index contributed by atoms with van der Waals surface area (Å²) in [4.78, 5) is 26.6. The molecule has 1 saturated carbocycles. The number of carbonyl (C=O) groups is 2. The number of amides is 1. The average Bonchev–Trinajstić information content (AvgIpc) is 3.52. The Hall–Kier alpha value is -2.66. The highest BCUT2D eigenvalue weighted by atomic mass is 16.5. The second kappa shape index (κ2) is 11.9. The molecule has 0 radical (unpaired) electrons. The summed E-state index contributed by atoms with van der Waals surface area (Å²) >= 11 is 0. The first-order chi connectivity index (χ1) is 17.0. The standard InChI is InChI=1S/C30H40N2O3/c1-23-7-6-21-32(23)22-18-24-10-12-25(13-11-24)26-14-16-27(17-15-26)30(19-3-4-20-30)31-28(33)8-5-9-29(34)35-2/h10-17,23H,3-9,18-22H2,1-2H3,(H,31,33)/t23-/m1/s1. The van der Waals surface area contributed by atoms with Crippen molar-refractivity contribution in [2.45, 2.75) is 82.7 Å². The molecular formula is C30H40N2O3. The number of hydrogen-bond acceptors (Lipinski definition) is 4. The molecule has 0 aromatic heterocycles. The van der Waals surface area contributed by atoms with Crippen molar-refractivity contribution in [3.63, 3.8) is 0 Å². The first-order valence-electron chi connectivity index (χ1n) is 13.3. The van der Waals surface area contributed by atoms with Crippen LogP contribution >= 0.6 is 0 Å². The molecular weight excluding hydrogens is 436 g/mol. The summed E-state index contributed by atoms with van der Waals surface area (Å²) in [6.45, 7) is 4.72. The molecule has 1 heterocycles. The van der Waals surface area contributed by atoms with Crippen molar-refractivity contribution in [3.05, 3.63) is 59.7 Å². The molecule has 1 saturated heterocycles. The fourth-order valence-electron chi connectivity index (χ4n) is 5.73. The third-order valence-electron chi connectivity index (χ3n) is 7.95. The number of nitrogens with zero attached hydrogens (tertiary/aromatic N) is 1. The molecule has 5 heteroatoms. The minimum Gasteiger partial charge on any atom is -0.469 e. The van der Waals surface area contributed by atoms with E-state index in [1.165, 1.54) is 48.8 Å². The van der Waals surface area contributed by atoms with Crippen molar-refractivity contribution in [2.24, 2.45) is 0 Å². The molecule has 35 heavy (non-hydrogen) atoms. The van der Waals surface area contributed by atoms with Crippen LogP contribution in [0.5, 0.6) is 0 Å². The Kier molecular flexibility index (Phi) is 8.61. The third kappa shape index (κ3) is 6.52. The maximum Gasteiger partial charge on any atom is 0.305 e. The lowest BCUT2D eigenvalue weighted by atomic mass is 9.86. The van der Waals surface area contributed by atoms with Gasteiger partial charge in [0.05, 0.1) is 12.6 Å². The Labute approximate surface area is 210 Å². The van der Waals surface area contributed by atoms with Crippen LogP contribution in [0.2, 0.25) is 0 Å². The van der Waals surface area contributed by atoms with Crippen LogP contribution in [-0.4, -0.2) is 43.0 Å². The van der Waals surface area contributed by atoms with Crippen molar-refractivity contribution in [3.8, 4) is 11.1 Å². The van der Waals surface area contributed by atoms with Crippen molar-refractivity contribution >= 4 is 11.9 Å². The largest absolute Gasteiger partial charge is 0.469 e. The number of rotatable bonds is 10. The predicted octanol–water partition coefficient (Wildman–Crippen LogP) is 5.61. The van der Waals surface area contributed by atoms with Crippen molar-refractivity contribution in [1.29, 1.82) is 0 Å². The Morgan fingerprint density at radius 2 is 1.63 bits per heavy atom. The number of ether oxygens (including phenoxy) is 1. The van der Waals surface area contributed by atoms with E-state index < -0.39 is 0 Å². The van der Waals surface area contributed by atoms with Gasteiger partial charge in [-0.2, -0.15) is 0 Å². The van der Waals surface area contributed by atoms with Gasteiger partial charge < -0.3 is 15.0 Å². The molecule has 1 N–H and O–H groups in total. The van der Waals surface area contributed by atoms with Crippen LogP contribution in [0.1, 0.15) is 75.8 Å². The van der Waals surface area contributed by atoms with Gasteiger partial charge in [-0.15, -0.1) is 0 Å². The lowest BCUT2D eigenvalue weighted by Gasteiger charge is -2.31. The minimum absolute atomic E-state index is 0.0128. The molecule has 2 aromatic rings. The molecule has 5 nitrogen and oxygen atoms in total. The zero-order chi connectivity index (χ0) is 24.7. The molecule has 2 aromatic carbocycles. The van der Waals surface area contributed by atoms with Crippen molar-refractivity contribution < 1.29 is 14.3 Å². The average molecular weight is 477 g/mol. The Bertz CT molecular complexity index is 978. The smallest absolute Gasteiger partial charge is 0.305 e. The summed E-state index contributed by atoms with van der Waals surface area (Å²) in [6, 6.07) is 18.4. The lowest BCUT2D eigenvalue weighted by Crippen LogP contribution is -2.43. The fourth-order valence-corrected chi connectivity index (χ4v) is 5.73. The van der Waals surface area contributed by atoms with Gasteiger partial charge in [0.1, 0.15) is 0 Å². The van der Waals surface area contributed by atoms with Crippen LogP contribution in [0.25, 0.3) is 11.1 Å². The van der Waals surface area contributed by atoms with E-state index in [2.05, 4.69) is 70.4 Å². The summed E-state index contributed by atoms with van der Waals surface area (Å²) in [5.74, 6) is -0.253. The van der Waals surface area contributed by atoms with Crippen molar-refractivity contribution in [2.75, 3.05) is 20.2 Å². The highest BCUT2D eigenvalue weighted by molar-refractivity contribution is 5.78. The molecule has 188 valence electrons. The highest BCUT2D eigenvalue weighted by Crippen LogP contribution is 2.39. The Balaban J connectivity index is 1.36. The van der Waals surface area contributed by atoms with E-state index in [0.29, 0.717) is 12.8 Å². The summed E-state index contributed by atoms with van der Waals surface area (Å²) in [5.41, 5.74) is 4.70. The zero-order valence-electron chi connectivity index (χ0n) is 21.4. The number of nitrogens with one attached hydrogen (secondary N) is 1. The summed E-state index contributed by atoms with van der Waals surface area (Å²) in [7, 11) is 1.38. The molecule has 0 unspecified atom stereocenters. The Morgan fingerprint density at radius 3 is 2.23 bits per heavy atom. The highest BCUT2D eigenvalue weighted by Gasteiger charge is 2.36. The maximum absolute atomic E-state index is 12.7. The molecule has 2 fully saturated rings. The number of hydrogen-bond donors (Lipinski definition) is 1. The molecule has 4 rings (SSSR count). The predicted molar refractivity (Wildman–Crippen MR) is 140 cm³/mol. The normalized spacial score (nSPS) is 19.5. The van der Waals surface area contributed by atoms with Crippen LogP contribution in [0.3, 0.4) is 0 Å². The number of methoxy groups -OCH3 is 1. The van der Waals surface area contributed by atoms with E-state index in [1.807, 2.05) is 0 Å². The number of esters is 1. The number of benzene rings is 2. The van der Waals surface area contributed by atoms with Crippen LogP contribution in [0, 0.1) is 0 Å². The van der Waals surface area contributed by atoms with Gasteiger partial charge in [0.15, 0.2) is 0 Å². The number of carbonyl (C=O) groups excluding carboxylic acids is 2. The second-order valence-corrected chi connectivity index (χ2v) is 10.3. The summed E-state index contributed by atoms with van der Waals surface area (Å²) < 4.78 is 4.67. The van der Waals surface area contributed by atoms with E-state index in [4.69, 9.17) is 0 Å². The SMILES string of the molecule is COC(=O)CCCC(=O)NC1(c2ccc(-c3ccc(CCN4CCC[C@H]4C)cc3)cc2)CCCC1. The second-order valence-electron chi connectivity index (χ2n) is 10.3. The van der Waals surface area contributed by atoms with Gasteiger partial charge >= 0.3 is 5.97 Å². The molecule has 1 aliphatic carbocycles. The van der Waals surface area contributed by atoms with E-state index >= 15 is 0 Å². The van der Waals surface area contributed by atoms with Gasteiger partial charge in [-0.05, 0) is 74.2 Å². The van der Waals surface area contributed by atoms with Gasteiger partial charge in [-0.1, -0.05) is 61.4 Å². The molecule has 0 bridgehead atoms. The van der Waals surface area contributed by atoms with Gasteiger partial charge in [0.25, 0.3) is 0 Å². The van der Waals surface area contributed by atoms with Crippen LogP contribution < -0.4 is 5.32 Å². The van der Waals surface area contributed by atoms with Crippen LogP contribution in [0.4, 0.5) is 0 Å². The lowest BCUT2D eigenvalue weighted by molar-refractivity contribution is -0.140. The van der Waals surface area contributed by atoms with Crippen molar-refractivity contribution in [1.82, 2.24) is 10.2 Å². The maximum atomic E-state index is 12.7. The zero-order valence-corrected chi connectivity index (χ0v) is 21.4. The fraction of sp³-hybridized carbons (Fsp3) is 0.533. The topological polar surface area (TPSA) is 58.6 Å². The molecule has 0 spiro atoms. The van der Waals surface area contributed by atoms with E-state index in [9.17, 15) is 9.59 Å². The van der Waals surface area contributed by atoms with E-state index in [1.54, 1.807) is 0 Å². The monoisotopic (exact) mass is 476 g/mol. The molecule has 1 aliphatic heterocycles. The van der Waals surface area contributed by atoms with Gasteiger partial charge in [-0.25, -0.2) is 0 Å². The van der Waals surface area contributed by atoms with Gasteiger partial charge in [0.2, 0.25) is 5.91 Å². The van der Waals surface area contributed by atoms with E-state index in [0.717, 1.165) is 44.7 Å². The van der Waals surface area contributed by atoms with Gasteiger partial charge in [0, 0.05) is 25.4 Å². The first-order valence-corrected chi connectivity index (χ1v) is 13.3. The Morgan fingerprint density at radius 1 is 0.971 bits per heavy atom. The molecule has 1 atom stereocenters. The number of likely N-dealkylation sites (tertiary alicyclic amines) is 1. The summed E-state index contributed by atoms with van der Waals surface area (Å²) in [5, 5.41) is 3.31. The van der Waals surface area contributed by atoms with E-state index in [-0.39, 0.29) is 23.8 Å². The van der Waals surface area contributed by atoms with Crippen LogP contribution in [0.15, 0.2) is 48.5 Å². The summed E-state index contributed by atoms with van der Waals surface area (Å²) in [6.07, 6.45) is 9.04. The third-order valence-corrected chi connectivity index (χ3v) is 7.95.